The number of H-pyrrole nitrogens is 1. The van der Waals surface area contributed by atoms with E-state index in [0.717, 1.165) is 16.9 Å². The van der Waals surface area contributed by atoms with Crippen LogP contribution in [0.15, 0.2) is 71.2 Å². The summed E-state index contributed by atoms with van der Waals surface area (Å²) in [5.74, 6) is 1.20. The minimum Gasteiger partial charge on any atom is -0.279 e. The van der Waals surface area contributed by atoms with Crippen LogP contribution >= 0.6 is 0 Å². The van der Waals surface area contributed by atoms with E-state index in [1.54, 1.807) is 10.8 Å². The summed E-state index contributed by atoms with van der Waals surface area (Å²) in [4.78, 5) is 8.74. The van der Waals surface area contributed by atoms with E-state index < -0.39 is 0 Å². The number of aryl methyl sites for hydroxylation is 1. The van der Waals surface area contributed by atoms with Crippen LogP contribution < -0.4 is 0 Å². The number of hydrogen-bond donors (Lipinski definition) is 1. The zero-order chi connectivity index (χ0) is 15.6. The maximum absolute atomic E-state index is 4.55. The monoisotopic (exact) mass is 302 g/mol. The summed E-state index contributed by atoms with van der Waals surface area (Å²) in [5.41, 5.74) is 3.72. The second-order valence-corrected chi connectivity index (χ2v) is 5.21. The van der Waals surface area contributed by atoms with Crippen molar-refractivity contribution in [3.63, 3.8) is 0 Å². The third-order valence-electron chi connectivity index (χ3n) is 3.54. The van der Waals surface area contributed by atoms with Crippen LogP contribution in [0.25, 0.3) is 17.0 Å². The molecule has 6 nitrogen and oxygen atoms in total. The van der Waals surface area contributed by atoms with Gasteiger partial charge < -0.3 is 0 Å². The number of fused-ring (bicyclic) bond motifs is 1. The highest BCUT2D eigenvalue weighted by atomic mass is 15.4. The predicted molar refractivity (Wildman–Crippen MR) is 88.1 cm³/mol. The lowest BCUT2D eigenvalue weighted by Gasteiger charge is -1.99. The number of azo groups is 1. The molecule has 0 bridgehead atoms. The quantitative estimate of drug-likeness (QED) is 0.568. The Bertz CT molecular complexity index is 963. The molecule has 0 spiro atoms. The highest BCUT2D eigenvalue weighted by Gasteiger charge is 2.15. The molecule has 0 aliphatic heterocycles. The minimum atomic E-state index is 0.572. The van der Waals surface area contributed by atoms with Crippen molar-refractivity contribution in [3.8, 4) is 11.3 Å². The summed E-state index contributed by atoms with van der Waals surface area (Å²) < 4.78 is 1.72. The zero-order valence-corrected chi connectivity index (χ0v) is 12.5. The summed E-state index contributed by atoms with van der Waals surface area (Å²) in [6.07, 6.45) is 1.59. The van der Waals surface area contributed by atoms with Gasteiger partial charge in [0.2, 0.25) is 5.82 Å². The van der Waals surface area contributed by atoms with Gasteiger partial charge in [0.25, 0.3) is 5.78 Å². The summed E-state index contributed by atoms with van der Waals surface area (Å²) >= 11 is 0. The molecule has 0 fully saturated rings. The van der Waals surface area contributed by atoms with E-state index >= 15 is 0 Å². The van der Waals surface area contributed by atoms with Gasteiger partial charge in [0.15, 0.2) is 0 Å². The number of aromatic nitrogens is 4. The van der Waals surface area contributed by atoms with Crippen LogP contribution in [0.3, 0.4) is 0 Å². The van der Waals surface area contributed by atoms with Crippen molar-refractivity contribution in [3.05, 3.63) is 66.5 Å². The van der Waals surface area contributed by atoms with Crippen LogP contribution in [-0.4, -0.2) is 19.6 Å². The Morgan fingerprint density at radius 3 is 2.52 bits per heavy atom. The molecule has 1 N–H and O–H groups in total. The van der Waals surface area contributed by atoms with Gasteiger partial charge in [-0.2, -0.15) is 4.52 Å². The molecule has 0 aliphatic rings. The third-order valence-corrected chi connectivity index (χ3v) is 3.54. The first-order valence-electron chi connectivity index (χ1n) is 7.27. The molecule has 0 radical (unpaired) electrons. The second-order valence-electron chi connectivity index (χ2n) is 5.21. The molecule has 0 unspecified atom stereocenters. The van der Waals surface area contributed by atoms with Gasteiger partial charge in [-0.25, -0.2) is 9.97 Å². The van der Waals surface area contributed by atoms with E-state index in [2.05, 4.69) is 44.4 Å². The van der Waals surface area contributed by atoms with Crippen LogP contribution in [0.5, 0.6) is 0 Å². The minimum absolute atomic E-state index is 0.572. The van der Waals surface area contributed by atoms with Crippen molar-refractivity contribution >= 4 is 17.3 Å². The fourth-order valence-electron chi connectivity index (χ4n) is 2.35. The molecule has 4 aromatic rings. The fraction of sp³-hybridized carbons (Fsp3) is 0.0588. The number of hydrogen-bond acceptors (Lipinski definition) is 4. The first kappa shape index (κ1) is 13.4. The Morgan fingerprint density at radius 1 is 0.957 bits per heavy atom. The van der Waals surface area contributed by atoms with Gasteiger partial charge in [-0.05, 0) is 19.1 Å². The summed E-state index contributed by atoms with van der Waals surface area (Å²) in [7, 11) is 0. The van der Waals surface area contributed by atoms with E-state index in [1.807, 2.05) is 42.5 Å². The van der Waals surface area contributed by atoms with Crippen molar-refractivity contribution in [2.75, 3.05) is 0 Å². The van der Waals surface area contributed by atoms with Gasteiger partial charge in [-0.1, -0.05) is 48.0 Å². The molecule has 112 valence electrons. The standard InChI is InChI=1S/C17H14N6/c1-12-7-9-13(10-8-12)15-16(23-17(20-15)18-11-19-23)22-21-14-5-3-2-4-6-14/h2-11H,1H3,(H,18,19,20). The lowest BCUT2D eigenvalue weighted by Crippen LogP contribution is -1.83. The van der Waals surface area contributed by atoms with Crippen molar-refractivity contribution in [1.29, 1.82) is 0 Å². The van der Waals surface area contributed by atoms with Crippen molar-refractivity contribution in [1.82, 2.24) is 19.6 Å². The molecule has 0 amide bonds. The van der Waals surface area contributed by atoms with E-state index in [-0.39, 0.29) is 0 Å². The van der Waals surface area contributed by atoms with E-state index in [4.69, 9.17) is 0 Å². The Hall–Kier alpha value is -3.28. The smallest absolute Gasteiger partial charge is 0.253 e. The lowest BCUT2D eigenvalue weighted by atomic mass is 10.1. The van der Waals surface area contributed by atoms with Crippen LogP contribution in [0.4, 0.5) is 11.5 Å². The number of benzene rings is 2. The number of aromatic amines is 1. The maximum Gasteiger partial charge on any atom is 0.253 e. The molecule has 6 heteroatoms. The highest BCUT2D eigenvalue weighted by molar-refractivity contribution is 5.73. The Morgan fingerprint density at radius 2 is 1.74 bits per heavy atom. The fourth-order valence-corrected chi connectivity index (χ4v) is 2.35. The topological polar surface area (TPSA) is 70.7 Å². The molecular weight excluding hydrogens is 288 g/mol. The van der Waals surface area contributed by atoms with Crippen LogP contribution in [0, 0.1) is 6.92 Å². The molecule has 23 heavy (non-hydrogen) atoms. The molecule has 2 aromatic carbocycles. The van der Waals surface area contributed by atoms with Crippen LogP contribution in [0.2, 0.25) is 0 Å². The molecule has 2 heterocycles. The zero-order valence-electron chi connectivity index (χ0n) is 12.5. The normalized spacial score (nSPS) is 11.5. The van der Waals surface area contributed by atoms with Gasteiger partial charge in [0, 0.05) is 5.56 Å². The molecule has 0 aliphatic carbocycles. The molecule has 4 rings (SSSR count). The highest BCUT2D eigenvalue weighted by Crippen LogP contribution is 2.31. The average molecular weight is 302 g/mol. The van der Waals surface area contributed by atoms with Gasteiger partial charge in [-0.3, -0.25) is 5.10 Å². The largest absolute Gasteiger partial charge is 0.279 e. The molecule has 0 atom stereocenters. The molecule has 2 aromatic heterocycles. The van der Waals surface area contributed by atoms with Gasteiger partial charge >= 0.3 is 0 Å². The van der Waals surface area contributed by atoms with Gasteiger partial charge in [-0.15, -0.1) is 10.2 Å². The molecular formula is C17H14N6. The van der Waals surface area contributed by atoms with Crippen molar-refractivity contribution in [2.24, 2.45) is 10.2 Å². The van der Waals surface area contributed by atoms with Crippen LogP contribution in [-0.2, 0) is 0 Å². The summed E-state index contributed by atoms with van der Waals surface area (Å²) in [6, 6.07) is 17.8. The Kier molecular flexibility index (Phi) is 3.20. The van der Waals surface area contributed by atoms with Crippen LogP contribution in [0.1, 0.15) is 5.56 Å². The number of imidazole rings is 1. The van der Waals surface area contributed by atoms with E-state index in [0.29, 0.717) is 11.6 Å². The first-order valence-corrected chi connectivity index (χ1v) is 7.27. The van der Waals surface area contributed by atoms with Crippen molar-refractivity contribution < 1.29 is 0 Å². The van der Waals surface area contributed by atoms with E-state index in [1.165, 1.54) is 5.56 Å². The first-order chi connectivity index (χ1) is 11.3. The Balaban J connectivity index is 1.83. The van der Waals surface area contributed by atoms with Gasteiger partial charge in [0.05, 0.1) is 5.69 Å². The van der Waals surface area contributed by atoms with E-state index in [9.17, 15) is 0 Å². The maximum atomic E-state index is 4.55. The van der Waals surface area contributed by atoms with Crippen molar-refractivity contribution in [2.45, 2.75) is 6.92 Å². The number of nitrogens with zero attached hydrogens (tertiary/aromatic N) is 5. The second kappa shape index (κ2) is 5.49. The molecule has 0 saturated carbocycles. The summed E-state index contributed by atoms with van der Waals surface area (Å²) in [5, 5.41) is 11.7. The number of nitrogens with one attached hydrogen (secondary N) is 1. The molecule has 0 saturated heterocycles. The third kappa shape index (κ3) is 2.50. The SMILES string of the molecule is Cc1ccc(-c2nc3nc[nH]n3c2N=Nc2ccccc2)cc1. The van der Waals surface area contributed by atoms with Gasteiger partial charge in [0.1, 0.15) is 12.0 Å². The lowest BCUT2D eigenvalue weighted by molar-refractivity contribution is 0.953. The predicted octanol–water partition coefficient (Wildman–Crippen LogP) is 4.45. The average Bonchev–Trinajstić information content (AvgIpc) is 3.16. The summed E-state index contributed by atoms with van der Waals surface area (Å²) in [6.45, 7) is 2.05. The Labute approximate surface area is 132 Å². The number of rotatable bonds is 3.